The number of rotatable bonds is 3. The summed E-state index contributed by atoms with van der Waals surface area (Å²) in [5, 5.41) is 2.80. The molecule has 1 unspecified atom stereocenters. The van der Waals surface area contributed by atoms with Gasteiger partial charge in [-0.05, 0) is 36.8 Å². The second-order valence-corrected chi connectivity index (χ2v) is 11.1. The Labute approximate surface area is 220 Å². The van der Waals surface area contributed by atoms with E-state index in [0.717, 1.165) is 41.3 Å². The van der Waals surface area contributed by atoms with Crippen molar-refractivity contribution in [2.24, 2.45) is 11.1 Å². The van der Waals surface area contributed by atoms with Crippen molar-refractivity contribution < 1.29 is 22.7 Å². The summed E-state index contributed by atoms with van der Waals surface area (Å²) >= 11 is 0. The number of ether oxygens (including phenoxy) is 1. The van der Waals surface area contributed by atoms with E-state index in [1.165, 1.54) is 6.07 Å². The van der Waals surface area contributed by atoms with E-state index in [4.69, 9.17) is 15.5 Å². The second kappa shape index (κ2) is 9.20. The third kappa shape index (κ3) is 4.39. The molecule has 2 aromatic heterocycles. The molecule has 3 aliphatic rings. The van der Waals surface area contributed by atoms with Crippen LogP contribution >= 0.6 is 0 Å². The van der Waals surface area contributed by atoms with Gasteiger partial charge in [0, 0.05) is 47.4 Å². The number of alkyl halides is 3. The highest BCUT2D eigenvalue weighted by atomic mass is 19.4. The highest BCUT2D eigenvalue weighted by Gasteiger charge is 2.48. The van der Waals surface area contributed by atoms with Crippen molar-refractivity contribution in [3.8, 4) is 0 Å². The molecule has 0 saturated carbocycles. The number of carbonyl (C=O) groups excluding carboxylic acids is 1. The number of nitrogens with two attached hydrogens (primary N) is 1. The number of carbonyl (C=O) groups is 1. The van der Waals surface area contributed by atoms with Gasteiger partial charge in [0.1, 0.15) is 5.69 Å². The van der Waals surface area contributed by atoms with Crippen LogP contribution in [0.25, 0.3) is 0 Å². The molecule has 1 amide bonds. The number of anilines is 1. The lowest BCUT2D eigenvalue weighted by Gasteiger charge is -2.53. The number of amides is 1. The number of hydrogen-bond acceptors (Lipinski definition) is 6. The van der Waals surface area contributed by atoms with E-state index in [1.807, 2.05) is 19.2 Å². The van der Waals surface area contributed by atoms with Crippen molar-refractivity contribution in [2.75, 3.05) is 24.7 Å². The molecule has 7 nitrogen and oxygen atoms in total. The number of morpholine rings is 1. The van der Waals surface area contributed by atoms with Crippen LogP contribution in [-0.4, -0.2) is 41.7 Å². The lowest BCUT2D eigenvalue weighted by molar-refractivity contribution is -0.141. The van der Waals surface area contributed by atoms with Crippen LogP contribution in [0, 0.1) is 5.41 Å². The van der Waals surface area contributed by atoms with E-state index < -0.39 is 23.2 Å². The molecule has 0 aromatic carbocycles. The monoisotopic (exact) mass is 527 g/mol. The predicted octanol–water partition coefficient (Wildman–Crippen LogP) is 4.66. The average molecular weight is 528 g/mol. The summed E-state index contributed by atoms with van der Waals surface area (Å²) in [6.45, 7) is 10.4. The molecular weight excluding hydrogens is 495 g/mol. The summed E-state index contributed by atoms with van der Waals surface area (Å²) in [5.74, 6) is -0.618. The van der Waals surface area contributed by atoms with Gasteiger partial charge in [-0.15, -0.1) is 0 Å². The summed E-state index contributed by atoms with van der Waals surface area (Å²) in [7, 11) is 0. The molecule has 4 heterocycles. The van der Waals surface area contributed by atoms with E-state index in [1.54, 1.807) is 6.08 Å². The number of aromatic nitrogens is 2. The smallest absolute Gasteiger partial charge is 0.377 e. The quantitative estimate of drug-likeness (QED) is 0.603. The minimum absolute atomic E-state index is 0.105. The average Bonchev–Trinajstić information content (AvgIpc) is 2.89. The maximum atomic E-state index is 13.1. The number of nitrogens with zero attached hydrogens (tertiary/aromatic N) is 3. The molecule has 1 fully saturated rings. The summed E-state index contributed by atoms with van der Waals surface area (Å²) in [5.41, 5.74) is 9.32. The zero-order valence-corrected chi connectivity index (χ0v) is 21.9. The Bertz CT molecular complexity index is 1340. The molecule has 2 aromatic rings. The first-order valence-corrected chi connectivity index (χ1v) is 12.7. The Morgan fingerprint density at radius 2 is 1.97 bits per heavy atom. The number of pyridine rings is 2. The van der Waals surface area contributed by atoms with E-state index in [-0.39, 0.29) is 23.1 Å². The Balaban J connectivity index is 1.43. The number of allylic oxidation sites excluding steroid dienone is 4. The molecule has 3 atom stereocenters. The Morgan fingerprint density at radius 1 is 1.21 bits per heavy atom. The van der Waals surface area contributed by atoms with Crippen LogP contribution in [0.15, 0.2) is 54.0 Å². The van der Waals surface area contributed by atoms with Crippen LogP contribution in [0.2, 0.25) is 0 Å². The normalized spacial score (nSPS) is 26.6. The standard InChI is InChI=1S/C28H32F3N5O2/c1-16-5-6-19(35-25(37)17-7-8-33-21(11-17)28(29,30)31)13-27(16,4)18-12-20-23(34-14-18)24(32)26(2,3)22-15-38-10-9-36(20)22/h5-8,11-12,14,22,24H,9-10,13,15,32H2,1-4H3,(H,35,37)/t22-,24-,27?/m0/s1. The van der Waals surface area contributed by atoms with Gasteiger partial charge in [0.2, 0.25) is 0 Å². The second-order valence-electron chi connectivity index (χ2n) is 11.1. The molecular formula is C28H32F3N5O2. The van der Waals surface area contributed by atoms with Gasteiger partial charge in [0.25, 0.3) is 5.91 Å². The van der Waals surface area contributed by atoms with Crippen LogP contribution < -0.4 is 16.0 Å². The molecule has 0 radical (unpaired) electrons. The van der Waals surface area contributed by atoms with Gasteiger partial charge in [-0.3, -0.25) is 14.8 Å². The molecule has 1 aliphatic carbocycles. The molecule has 202 valence electrons. The van der Waals surface area contributed by atoms with Gasteiger partial charge in [0.05, 0.1) is 36.7 Å². The molecule has 2 aliphatic heterocycles. The lowest BCUT2D eigenvalue weighted by Crippen LogP contribution is -2.59. The SMILES string of the molecule is CC1=CC=C(NC(=O)c2ccnc(C(F)(F)F)c2)CC1(C)c1cnc2c(c1)N1CCOC[C@H]1C(C)(C)[C@H]2N. The van der Waals surface area contributed by atoms with Crippen molar-refractivity contribution in [1.29, 1.82) is 0 Å². The molecule has 0 spiro atoms. The van der Waals surface area contributed by atoms with Crippen LogP contribution in [0.5, 0.6) is 0 Å². The van der Waals surface area contributed by atoms with E-state index in [0.29, 0.717) is 25.3 Å². The van der Waals surface area contributed by atoms with Gasteiger partial charge in [-0.1, -0.05) is 32.4 Å². The first-order chi connectivity index (χ1) is 17.8. The fraction of sp³-hybridized carbons (Fsp3) is 0.464. The zero-order valence-electron chi connectivity index (χ0n) is 21.9. The number of nitrogens with one attached hydrogen (secondary N) is 1. The lowest BCUT2D eigenvalue weighted by atomic mass is 9.69. The summed E-state index contributed by atoms with van der Waals surface area (Å²) < 4.78 is 45.0. The van der Waals surface area contributed by atoms with E-state index in [2.05, 4.69) is 42.0 Å². The topological polar surface area (TPSA) is 93.4 Å². The molecule has 5 rings (SSSR count). The highest BCUT2D eigenvalue weighted by Crippen LogP contribution is 2.49. The van der Waals surface area contributed by atoms with Crippen LogP contribution in [0.1, 0.15) is 67.5 Å². The summed E-state index contributed by atoms with van der Waals surface area (Å²) in [4.78, 5) is 23.4. The summed E-state index contributed by atoms with van der Waals surface area (Å²) in [6, 6.07) is 4.06. The van der Waals surface area contributed by atoms with Crippen molar-refractivity contribution in [2.45, 2.75) is 57.8 Å². The maximum absolute atomic E-state index is 13.1. The fourth-order valence-corrected chi connectivity index (χ4v) is 5.65. The predicted molar refractivity (Wildman–Crippen MR) is 137 cm³/mol. The third-order valence-corrected chi connectivity index (χ3v) is 8.46. The van der Waals surface area contributed by atoms with Crippen molar-refractivity contribution in [1.82, 2.24) is 15.3 Å². The minimum atomic E-state index is -4.63. The van der Waals surface area contributed by atoms with Crippen molar-refractivity contribution in [3.05, 3.63) is 76.5 Å². The van der Waals surface area contributed by atoms with E-state index in [9.17, 15) is 18.0 Å². The Morgan fingerprint density at radius 3 is 2.71 bits per heavy atom. The van der Waals surface area contributed by atoms with Crippen LogP contribution in [0.3, 0.4) is 0 Å². The molecule has 0 bridgehead atoms. The summed E-state index contributed by atoms with van der Waals surface area (Å²) in [6.07, 6.45) is 2.39. The fourth-order valence-electron chi connectivity index (χ4n) is 5.65. The zero-order chi connectivity index (χ0) is 27.5. The Hall–Kier alpha value is -3.24. The maximum Gasteiger partial charge on any atom is 0.433 e. The first-order valence-electron chi connectivity index (χ1n) is 12.7. The van der Waals surface area contributed by atoms with Crippen LogP contribution in [0.4, 0.5) is 18.9 Å². The molecule has 1 saturated heterocycles. The molecule has 10 heteroatoms. The van der Waals surface area contributed by atoms with Crippen molar-refractivity contribution in [3.63, 3.8) is 0 Å². The largest absolute Gasteiger partial charge is 0.433 e. The third-order valence-electron chi connectivity index (χ3n) is 8.46. The molecule has 3 N–H and O–H groups in total. The van der Waals surface area contributed by atoms with Gasteiger partial charge < -0.3 is 20.7 Å². The van der Waals surface area contributed by atoms with Gasteiger partial charge in [-0.2, -0.15) is 13.2 Å². The highest BCUT2D eigenvalue weighted by molar-refractivity contribution is 5.95. The van der Waals surface area contributed by atoms with Gasteiger partial charge in [-0.25, -0.2) is 0 Å². The molecule has 38 heavy (non-hydrogen) atoms. The van der Waals surface area contributed by atoms with Gasteiger partial charge in [0.15, 0.2) is 0 Å². The first kappa shape index (κ1) is 26.4. The minimum Gasteiger partial charge on any atom is -0.377 e. The number of fused-ring (bicyclic) bond motifs is 3. The van der Waals surface area contributed by atoms with E-state index >= 15 is 0 Å². The number of halogens is 3. The Kier molecular flexibility index (Phi) is 6.38. The van der Waals surface area contributed by atoms with Crippen molar-refractivity contribution >= 4 is 11.6 Å². The van der Waals surface area contributed by atoms with Gasteiger partial charge >= 0.3 is 6.18 Å². The number of hydrogen-bond donors (Lipinski definition) is 2. The van der Waals surface area contributed by atoms with Crippen LogP contribution in [-0.2, 0) is 16.3 Å².